The molecule has 10 heteroatoms. The fourth-order valence-electron chi connectivity index (χ4n) is 3.94. The molecule has 1 aliphatic rings. The molecular formula is C21H24N6O4. The molecule has 1 fully saturated rings. The van der Waals surface area contributed by atoms with E-state index in [4.69, 9.17) is 9.52 Å². The van der Waals surface area contributed by atoms with Gasteiger partial charge in [0.25, 0.3) is 0 Å². The molecule has 31 heavy (non-hydrogen) atoms. The molecule has 0 spiro atoms. The van der Waals surface area contributed by atoms with Crippen LogP contribution >= 0.6 is 0 Å². The van der Waals surface area contributed by atoms with Gasteiger partial charge in [-0.25, -0.2) is 0 Å². The molecule has 1 aliphatic carbocycles. The maximum atomic E-state index is 12.4. The Labute approximate surface area is 178 Å². The van der Waals surface area contributed by atoms with E-state index in [2.05, 4.69) is 25.9 Å². The lowest BCUT2D eigenvalue weighted by Crippen LogP contribution is -2.16. The predicted molar refractivity (Wildman–Crippen MR) is 112 cm³/mol. The van der Waals surface area contributed by atoms with Gasteiger partial charge in [0.15, 0.2) is 0 Å². The Morgan fingerprint density at radius 3 is 2.52 bits per heavy atom. The van der Waals surface area contributed by atoms with Gasteiger partial charge in [-0.1, -0.05) is 17.2 Å². The highest BCUT2D eigenvalue weighted by Gasteiger charge is 2.24. The summed E-state index contributed by atoms with van der Waals surface area (Å²) in [6.07, 6.45) is 5.71. The first kappa shape index (κ1) is 20.6. The number of nitrogens with one attached hydrogen (secondary N) is 2. The van der Waals surface area contributed by atoms with Crippen LogP contribution in [0.2, 0.25) is 0 Å². The highest BCUT2D eigenvalue weighted by molar-refractivity contribution is 6.00. The molecule has 0 unspecified atom stereocenters. The number of carboxylic acids is 1. The maximum Gasteiger partial charge on any atom is 0.321 e. The van der Waals surface area contributed by atoms with Crippen molar-refractivity contribution in [1.29, 1.82) is 0 Å². The molecule has 0 aliphatic heterocycles. The lowest BCUT2D eigenvalue weighted by atomic mass is 9.77. The van der Waals surface area contributed by atoms with Crippen molar-refractivity contribution in [2.75, 3.05) is 10.6 Å². The van der Waals surface area contributed by atoms with E-state index in [-0.39, 0.29) is 24.2 Å². The van der Waals surface area contributed by atoms with Crippen molar-refractivity contribution in [2.45, 2.75) is 38.0 Å². The number of carbonyl (C=O) groups is 2. The third-order valence-electron chi connectivity index (χ3n) is 5.63. The molecular weight excluding hydrogens is 400 g/mol. The Kier molecular flexibility index (Phi) is 5.96. The minimum absolute atomic E-state index is 0.0996. The van der Waals surface area contributed by atoms with E-state index in [9.17, 15) is 9.59 Å². The lowest BCUT2D eigenvalue weighted by Gasteiger charge is -2.28. The van der Waals surface area contributed by atoms with Crippen LogP contribution in [-0.4, -0.2) is 37.0 Å². The predicted octanol–water partition coefficient (Wildman–Crippen LogP) is 3.55. The summed E-state index contributed by atoms with van der Waals surface area (Å²) in [5.74, 6) is -0.00352. The van der Waals surface area contributed by atoms with Gasteiger partial charge in [-0.15, -0.1) is 5.10 Å². The fourth-order valence-corrected chi connectivity index (χ4v) is 3.94. The van der Waals surface area contributed by atoms with Crippen molar-refractivity contribution in [3.05, 3.63) is 48.0 Å². The number of rotatable bonds is 7. The van der Waals surface area contributed by atoms with Gasteiger partial charge in [-0.05, 0) is 55.2 Å². The third-order valence-corrected chi connectivity index (χ3v) is 5.63. The Morgan fingerprint density at radius 2 is 1.87 bits per heavy atom. The summed E-state index contributed by atoms with van der Waals surface area (Å²) in [5, 5.41) is 26.2. The third kappa shape index (κ3) is 5.08. The van der Waals surface area contributed by atoms with Gasteiger partial charge in [-0.2, -0.15) is 5.10 Å². The molecule has 3 N–H and O–H groups in total. The van der Waals surface area contributed by atoms with Crippen LogP contribution in [-0.2, 0) is 11.8 Å². The Morgan fingerprint density at radius 1 is 1.13 bits per heavy atom. The molecule has 3 aromatic rings. The summed E-state index contributed by atoms with van der Waals surface area (Å²) in [7, 11) is 1.76. The molecule has 10 nitrogen and oxygen atoms in total. The number of amides is 1. The largest absolute Gasteiger partial charge is 0.481 e. The summed E-state index contributed by atoms with van der Waals surface area (Å²) < 4.78 is 6.98. The molecule has 0 saturated heterocycles. The first-order valence-corrected chi connectivity index (χ1v) is 10.2. The van der Waals surface area contributed by atoms with Crippen molar-refractivity contribution >= 4 is 29.4 Å². The van der Waals surface area contributed by atoms with Crippen molar-refractivity contribution in [1.82, 2.24) is 20.0 Å². The van der Waals surface area contributed by atoms with E-state index >= 15 is 0 Å². The average molecular weight is 424 g/mol. The van der Waals surface area contributed by atoms with Gasteiger partial charge in [0.05, 0.1) is 6.20 Å². The molecule has 4 rings (SSSR count). The zero-order valence-corrected chi connectivity index (χ0v) is 17.1. The van der Waals surface area contributed by atoms with E-state index in [1.54, 1.807) is 24.0 Å². The highest BCUT2D eigenvalue weighted by Crippen LogP contribution is 2.37. The van der Waals surface area contributed by atoms with E-state index < -0.39 is 11.9 Å². The average Bonchev–Trinajstić information content (AvgIpc) is 3.38. The molecule has 1 aromatic carbocycles. The number of carbonyl (C=O) groups excluding carboxylic acids is 1. The van der Waals surface area contributed by atoms with Crippen LogP contribution in [0.15, 0.2) is 40.9 Å². The van der Waals surface area contributed by atoms with Crippen molar-refractivity contribution in [2.24, 2.45) is 13.0 Å². The van der Waals surface area contributed by atoms with Gasteiger partial charge in [-0.3, -0.25) is 19.6 Å². The second-order valence-electron chi connectivity index (χ2n) is 7.77. The van der Waals surface area contributed by atoms with Crippen molar-refractivity contribution in [3.63, 3.8) is 0 Å². The van der Waals surface area contributed by atoms with Crippen LogP contribution < -0.4 is 10.6 Å². The SMILES string of the molecule is Cn1nccc1Nc1nnc(C(=O)Nc2ccc(C3CCC(CC(=O)O)CC3)cc2)o1. The van der Waals surface area contributed by atoms with Crippen molar-refractivity contribution in [3.8, 4) is 0 Å². The molecule has 0 radical (unpaired) electrons. The standard InChI is InChI=1S/C21H24N6O4/c1-27-17(10-11-22-27)24-21-26-25-20(31-21)19(30)23-16-8-6-15(7-9-16)14-4-2-13(3-5-14)12-18(28)29/h6-11,13-14H,2-5,12H2,1H3,(H,23,30)(H,24,26)(H,28,29). The van der Waals surface area contributed by atoms with Crippen LogP contribution in [0.4, 0.5) is 17.5 Å². The van der Waals surface area contributed by atoms with E-state index in [0.717, 1.165) is 25.7 Å². The smallest absolute Gasteiger partial charge is 0.321 e. The number of anilines is 3. The van der Waals surface area contributed by atoms with Gasteiger partial charge in [0.2, 0.25) is 0 Å². The van der Waals surface area contributed by atoms with E-state index in [0.29, 0.717) is 17.4 Å². The van der Waals surface area contributed by atoms with Gasteiger partial charge in [0.1, 0.15) is 5.82 Å². The number of aromatic nitrogens is 4. The Hall–Kier alpha value is -3.69. The topological polar surface area (TPSA) is 135 Å². The number of carboxylic acid groups (broad SMARTS) is 1. The number of benzene rings is 1. The minimum atomic E-state index is -0.718. The first-order chi connectivity index (χ1) is 15.0. The number of nitrogens with zero attached hydrogens (tertiary/aromatic N) is 4. The van der Waals surface area contributed by atoms with E-state index in [1.807, 2.05) is 24.3 Å². The fraction of sp³-hybridized carbons (Fsp3) is 0.381. The zero-order chi connectivity index (χ0) is 21.8. The van der Waals surface area contributed by atoms with Gasteiger partial charge in [0, 0.05) is 25.2 Å². The van der Waals surface area contributed by atoms with Crippen LogP contribution in [0, 0.1) is 5.92 Å². The molecule has 1 saturated carbocycles. The van der Waals surface area contributed by atoms with Crippen molar-refractivity contribution < 1.29 is 19.1 Å². The second-order valence-corrected chi connectivity index (χ2v) is 7.77. The number of aryl methyl sites for hydroxylation is 1. The summed E-state index contributed by atoms with van der Waals surface area (Å²) in [6.45, 7) is 0. The summed E-state index contributed by atoms with van der Waals surface area (Å²) in [5.41, 5.74) is 1.83. The first-order valence-electron chi connectivity index (χ1n) is 10.2. The lowest BCUT2D eigenvalue weighted by molar-refractivity contribution is -0.138. The minimum Gasteiger partial charge on any atom is -0.481 e. The summed E-state index contributed by atoms with van der Waals surface area (Å²) in [6, 6.07) is 9.54. The summed E-state index contributed by atoms with van der Waals surface area (Å²) in [4.78, 5) is 23.3. The molecule has 1 amide bonds. The van der Waals surface area contributed by atoms with Gasteiger partial charge < -0.3 is 14.8 Å². The van der Waals surface area contributed by atoms with Crippen LogP contribution in [0.1, 0.15) is 54.3 Å². The monoisotopic (exact) mass is 424 g/mol. The number of hydrogen-bond donors (Lipinski definition) is 3. The zero-order valence-electron chi connectivity index (χ0n) is 17.1. The Balaban J connectivity index is 1.31. The van der Waals surface area contributed by atoms with E-state index in [1.165, 1.54) is 5.56 Å². The quantitative estimate of drug-likeness (QED) is 0.524. The number of hydrogen-bond acceptors (Lipinski definition) is 7. The number of aliphatic carboxylic acids is 1. The maximum absolute atomic E-state index is 12.4. The highest BCUT2D eigenvalue weighted by atomic mass is 16.4. The van der Waals surface area contributed by atoms with Crippen LogP contribution in [0.25, 0.3) is 0 Å². The molecule has 2 aromatic heterocycles. The van der Waals surface area contributed by atoms with Crippen LogP contribution in [0.3, 0.4) is 0 Å². The van der Waals surface area contributed by atoms with Crippen LogP contribution in [0.5, 0.6) is 0 Å². The summed E-state index contributed by atoms with van der Waals surface area (Å²) >= 11 is 0. The molecule has 162 valence electrons. The Bertz CT molecular complexity index is 1050. The molecule has 0 bridgehead atoms. The molecule has 2 heterocycles. The second kappa shape index (κ2) is 8.99. The van der Waals surface area contributed by atoms with Gasteiger partial charge >= 0.3 is 23.8 Å². The molecule has 0 atom stereocenters. The normalized spacial score (nSPS) is 18.5.